The van der Waals surface area contributed by atoms with Gasteiger partial charge in [0, 0.05) is 32.1 Å². The van der Waals surface area contributed by atoms with E-state index >= 15 is 0 Å². The molecule has 122 valence electrons. The molecule has 1 aliphatic heterocycles. The summed E-state index contributed by atoms with van der Waals surface area (Å²) < 4.78 is 1.30. The SMILES string of the molecule is Cc1ccc(C)c2sc(N3CCN(C(=O)C4CCC4)CC3)nc12. The third-order valence-corrected chi connectivity index (χ3v) is 6.50. The lowest BCUT2D eigenvalue weighted by atomic mass is 9.84. The van der Waals surface area contributed by atoms with E-state index in [1.165, 1.54) is 22.2 Å². The van der Waals surface area contributed by atoms with Gasteiger partial charge in [-0.15, -0.1) is 0 Å². The normalized spacial score (nSPS) is 19.2. The molecule has 23 heavy (non-hydrogen) atoms. The first-order valence-corrected chi connectivity index (χ1v) is 9.35. The summed E-state index contributed by atoms with van der Waals surface area (Å²) in [5.41, 5.74) is 3.68. The standard InChI is InChI=1S/C18H23N3OS/c1-12-6-7-13(2)16-15(12)19-18(23-16)21-10-8-20(9-11-21)17(22)14-4-3-5-14/h6-7,14H,3-5,8-11H2,1-2H3. The molecule has 1 aromatic heterocycles. The number of fused-ring (bicyclic) bond motifs is 1. The molecule has 2 aromatic rings. The number of amides is 1. The molecular weight excluding hydrogens is 306 g/mol. The van der Waals surface area contributed by atoms with Crippen LogP contribution >= 0.6 is 11.3 Å². The predicted molar refractivity (Wildman–Crippen MR) is 95.2 cm³/mol. The first-order chi connectivity index (χ1) is 11.1. The zero-order valence-electron chi connectivity index (χ0n) is 13.8. The van der Waals surface area contributed by atoms with Gasteiger partial charge in [0.05, 0.1) is 10.2 Å². The topological polar surface area (TPSA) is 36.4 Å². The Balaban J connectivity index is 1.49. The molecule has 1 aromatic carbocycles. The summed E-state index contributed by atoms with van der Waals surface area (Å²) in [7, 11) is 0. The van der Waals surface area contributed by atoms with Gasteiger partial charge in [0.1, 0.15) is 0 Å². The fourth-order valence-corrected chi connectivity index (χ4v) is 4.58. The Morgan fingerprint density at radius 1 is 1.13 bits per heavy atom. The third-order valence-electron chi connectivity index (χ3n) is 5.25. The summed E-state index contributed by atoms with van der Waals surface area (Å²) in [5.74, 6) is 0.696. The summed E-state index contributed by atoms with van der Waals surface area (Å²) >= 11 is 1.79. The minimum atomic E-state index is 0.314. The van der Waals surface area contributed by atoms with Gasteiger partial charge in [-0.25, -0.2) is 4.98 Å². The van der Waals surface area contributed by atoms with Crippen LogP contribution in [0.4, 0.5) is 5.13 Å². The summed E-state index contributed by atoms with van der Waals surface area (Å²) in [4.78, 5) is 21.6. The molecule has 0 N–H and O–H groups in total. The highest BCUT2D eigenvalue weighted by Gasteiger charge is 2.31. The molecular formula is C18H23N3OS. The second kappa shape index (κ2) is 5.78. The van der Waals surface area contributed by atoms with Gasteiger partial charge >= 0.3 is 0 Å². The van der Waals surface area contributed by atoms with Gasteiger partial charge in [-0.3, -0.25) is 4.79 Å². The van der Waals surface area contributed by atoms with E-state index in [-0.39, 0.29) is 0 Å². The number of carbonyl (C=O) groups excluding carboxylic acids is 1. The Bertz CT molecular complexity index is 703. The Morgan fingerprint density at radius 2 is 1.83 bits per heavy atom. The Labute approximate surface area is 141 Å². The molecule has 0 atom stereocenters. The maximum absolute atomic E-state index is 12.3. The van der Waals surface area contributed by atoms with Crippen LogP contribution < -0.4 is 4.90 Å². The van der Waals surface area contributed by atoms with Crippen molar-refractivity contribution in [3.05, 3.63) is 23.3 Å². The number of carbonyl (C=O) groups is 1. The van der Waals surface area contributed by atoms with Crippen molar-refractivity contribution in [3.8, 4) is 0 Å². The predicted octanol–water partition coefficient (Wildman–Crippen LogP) is 3.36. The van der Waals surface area contributed by atoms with Gasteiger partial charge in [-0.05, 0) is 37.8 Å². The van der Waals surface area contributed by atoms with E-state index in [9.17, 15) is 4.79 Å². The van der Waals surface area contributed by atoms with Crippen molar-refractivity contribution in [2.45, 2.75) is 33.1 Å². The maximum atomic E-state index is 12.3. The number of benzene rings is 1. The second-order valence-corrected chi connectivity index (χ2v) is 7.79. The molecule has 1 aliphatic carbocycles. The highest BCUT2D eigenvalue weighted by molar-refractivity contribution is 7.22. The van der Waals surface area contributed by atoms with Crippen molar-refractivity contribution in [1.82, 2.24) is 9.88 Å². The average molecular weight is 329 g/mol. The van der Waals surface area contributed by atoms with Crippen LogP contribution in [0, 0.1) is 19.8 Å². The van der Waals surface area contributed by atoms with Crippen molar-refractivity contribution in [2.24, 2.45) is 5.92 Å². The van der Waals surface area contributed by atoms with Crippen molar-refractivity contribution in [3.63, 3.8) is 0 Å². The summed E-state index contributed by atoms with van der Waals surface area (Å²) in [6.07, 6.45) is 3.41. The smallest absolute Gasteiger partial charge is 0.225 e. The lowest BCUT2D eigenvalue weighted by molar-refractivity contribution is -0.138. The van der Waals surface area contributed by atoms with Crippen LogP contribution in [0.15, 0.2) is 12.1 Å². The molecule has 1 saturated carbocycles. The molecule has 5 heteroatoms. The first kappa shape index (κ1) is 14.9. The van der Waals surface area contributed by atoms with Gasteiger partial charge in [-0.1, -0.05) is 29.9 Å². The Hall–Kier alpha value is -1.62. The van der Waals surface area contributed by atoms with Crippen molar-refractivity contribution >= 4 is 32.6 Å². The van der Waals surface area contributed by atoms with Crippen LogP contribution in [0.5, 0.6) is 0 Å². The third kappa shape index (κ3) is 2.61. The highest BCUT2D eigenvalue weighted by Crippen LogP contribution is 2.34. The number of hydrogen-bond donors (Lipinski definition) is 0. The number of thiazole rings is 1. The molecule has 4 rings (SSSR count). The van der Waals surface area contributed by atoms with Crippen LogP contribution in [-0.4, -0.2) is 42.0 Å². The number of anilines is 1. The van der Waals surface area contributed by atoms with E-state index in [0.717, 1.165) is 49.7 Å². The van der Waals surface area contributed by atoms with Gasteiger partial charge in [0.15, 0.2) is 5.13 Å². The summed E-state index contributed by atoms with van der Waals surface area (Å²) in [6, 6.07) is 4.32. The Kier molecular flexibility index (Phi) is 3.76. The van der Waals surface area contributed by atoms with E-state index in [4.69, 9.17) is 4.98 Å². The number of piperazine rings is 1. The lowest BCUT2D eigenvalue weighted by Crippen LogP contribution is -2.51. The summed E-state index contributed by atoms with van der Waals surface area (Å²) in [5, 5.41) is 1.10. The lowest BCUT2D eigenvalue weighted by Gasteiger charge is -2.38. The number of nitrogens with zero attached hydrogens (tertiary/aromatic N) is 3. The maximum Gasteiger partial charge on any atom is 0.225 e. The number of hydrogen-bond acceptors (Lipinski definition) is 4. The van der Waals surface area contributed by atoms with Crippen molar-refractivity contribution < 1.29 is 4.79 Å². The van der Waals surface area contributed by atoms with Gasteiger partial charge in [0.25, 0.3) is 0 Å². The number of aryl methyl sites for hydroxylation is 2. The molecule has 1 saturated heterocycles. The zero-order chi connectivity index (χ0) is 16.0. The fraction of sp³-hybridized carbons (Fsp3) is 0.556. The van der Waals surface area contributed by atoms with Crippen molar-refractivity contribution in [2.75, 3.05) is 31.1 Å². The monoisotopic (exact) mass is 329 g/mol. The average Bonchev–Trinajstić information content (AvgIpc) is 2.96. The molecule has 0 radical (unpaired) electrons. The Morgan fingerprint density at radius 3 is 2.43 bits per heavy atom. The van der Waals surface area contributed by atoms with E-state index in [0.29, 0.717) is 11.8 Å². The van der Waals surface area contributed by atoms with Gasteiger partial charge < -0.3 is 9.80 Å². The molecule has 2 fully saturated rings. The molecule has 2 aliphatic rings. The van der Waals surface area contributed by atoms with Crippen LogP contribution in [-0.2, 0) is 4.79 Å². The van der Waals surface area contributed by atoms with E-state index in [2.05, 4.69) is 35.8 Å². The second-order valence-electron chi connectivity index (χ2n) is 6.81. The van der Waals surface area contributed by atoms with E-state index in [1.807, 2.05) is 0 Å². The van der Waals surface area contributed by atoms with E-state index in [1.54, 1.807) is 11.3 Å². The highest BCUT2D eigenvalue weighted by atomic mass is 32.1. The molecule has 4 nitrogen and oxygen atoms in total. The van der Waals surface area contributed by atoms with Gasteiger partial charge in [-0.2, -0.15) is 0 Å². The van der Waals surface area contributed by atoms with Crippen LogP contribution in [0.25, 0.3) is 10.2 Å². The molecule has 0 bridgehead atoms. The fourth-order valence-electron chi connectivity index (χ4n) is 3.41. The van der Waals surface area contributed by atoms with Gasteiger partial charge in [0.2, 0.25) is 5.91 Å². The largest absolute Gasteiger partial charge is 0.345 e. The molecule has 0 unspecified atom stereocenters. The quantitative estimate of drug-likeness (QED) is 0.848. The van der Waals surface area contributed by atoms with Crippen LogP contribution in [0.2, 0.25) is 0 Å². The minimum absolute atomic E-state index is 0.314. The minimum Gasteiger partial charge on any atom is -0.345 e. The van der Waals surface area contributed by atoms with Crippen molar-refractivity contribution in [1.29, 1.82) is 0 Å². The molecule has 0 spiro atoms. The summed E-state index contributed by atoms with van der Waals surface area (Å²) in [6.45, 7) is 7.75. The van der Waals surface area contributed by atoms with Crippen LogP contribution in [0.1, 0.15) is 30.4 Å². The first-order valence-electron chi connectivity index (χ1n) is 8.54. The molecule has 2 heterocycles. The number of aromatic nitrogens is 1. The van der Waals surface area contributed by atoms with E-state index < -0.39 is 0 Å². The number of rotatable bonds is 2. The van der Waals surface area contributed by atoms with Crippen LogP contribution in [0.3, 0.4) is 0 Å². The zero-order valence-corrected chi connectivity index (χ0v) is 14.7. The molecule has 1 amide bonds.